The second kappa shape index (κ2) is 14.7. The first-order valence-corrected chi connectivity index (χ1v) is 23.3. The van der Waals surface area contributed by atoms with Crippen LogP contribution in [0.2, 0.25) is 0 Å². The number of rotatable bonds is 6. The highest BCUT2D eigenvalue weighted by atomic mass is 15.1. The molecule has 4 aliphatic carbocycles. The molecule has 310 valence electrons. The lowest BCUT2D eigenvalue weighted by atomic mass is 9.68. The van der Waals surface area contributed by atoms with Crippen LogP contribution in [0.1, 0.15) is 48.9 Å². The SMILES string of the molecule is CC1C=CC2=C(C1)c1ccc(N(c3ccc(-c4ccccc4)cc3)c3ccc(-c4ccc5c(c4)c4ccccc4n5C4=CC=CCC4C)cc3)cc1C21c2ccccc2-c2ccccc21. The van der Waals surface area contributed by atoms with Crippen molar-refractivity contribution in [2.75, 3.05) is 4.90 Å². The minimum Gasteiger partial charge on any atom is -0.313 e. The molecule has 2 nitrogen and oxygen atoms in total. The predicted molar refractivity (Wildman–Crippen MR) is 274 cm³/mol. The number of hydrogen-bond acceptors (Lipinski definition) is 1. The van der Waals surface area contributed by atoms with Gasteiger partial charge in [-0.15, -0.1) is 0 Å². The molecule has 1 spiro atoms. The molecule has 1 aromatic heterocycles. The van der Waals surface area contributed by atoms with Crippen LogP contribution < -0.4 is 4.90 Å². The number of nitrogens with zero attached hydrogens (tertiary/aromatic N) is 2. The lowest BCUT2D eigenvalue weighted by molar-refractivity contribution is 0.725. The zero-order valence-corrected chi connectivity index (χ0v) is 36.7. The van der Waals surface area contributed by atoms with Gasteiger partial charge in [-0.05, 0) is 146 Å². The zero-order valence-electron chi connectivity index (χ0n) is 36.7. The van der Waals surface area contributed by atoms with E-state index in [1.165, 1.54) is 94.3 Å². The van der Waals surface area contributed by atoms with Crippen LogP contribution in [0.5, 0.6) is 0 Å². The minimum atomic E-state index is -0.388. The summed E-state index contributed by atoms with van der Waals surface area (Å²) in [5.41, 5.74) is 22.8. The second-order valence-corrected chi connectivity index (χ2v) is 18.5. The van der Waals surface area contributed by atoms with Gasteiger partial charge in [-0.3, -0.25) is 0 Å². The second-order valence-electron chi connectivity index (χ2n) is 18.5. The third-order valence-corrected chi connectivity index (χ3v) is 14.8. The van der Waals surface area contributed by atoms with Crippen molar-refractivity contribution in [3.63, 3.8) is 0 Å². The summed E-state index contributed by atoms with van der Waals surface area (Å²) < 4.78 is 2.49. The van der Waals surface area contributed by atoms with E-state index >= 15 is 0 Å². The number of fused-ring (bicyclic) bond motifs is 12. The Kier molecular flexibility index (Phi) is 8.55. The molecule has 2 heteroatoms. The summed E-state index contributed by atoms with van der Waals surface area (Å²) in [6.07, 6.45) is 13.8. The fourth-order valence-electron chi connectivity index (χ4n) is 11.8. The van der Waals surface area contributed by atoms with E-state index in [0.717, 1.165) is 29.9 Å². The van der Waals surface area contributed by atoms with Gasteiger partial charge >= 0.3 is 0 Å². The predicted octanol–water partition coefficient (Wildman–Crippen LogP) is 16.7. The van der Waals surface area contributed by atoms with Crippen LogP contribution in [-0.2, 0) is 5.41 Å². The van der Waals surface area contributed by atoms with Crippen molar-refractivity contribution in [1.29, 1.82) is 0 Å². The maximum absolute atomic E-state index is 2.52. The van der Waals surface area contributed by atoms with E-state index in [1.54, 1.807) is 0 Å². The van der Waals surface area contributed by atoms with Gasteiger partial charge in [0, 0.05) is 39.4 Å². The molecule has 0 saturated heterocycles. The molecule has 2 atom stereocenters. The number of benzene rings is 8. The fourth-order valence-corrected chi connectivity index (χ4v) is 11.8. The molecule has 0 fully saturated rings. The van der Waals surface area contributed by atoms with Gasteiger partial charge in [0.25, 0.3) is 0 Å². The number of aromatic nitrogens is 1. The third kappa shape index (κ3) is 5.66. The molecule has 0 bridgehead atoms. The zero-order chi connectivity index (χ0) is 43.2. The monoisotopic (exact) mass is 832 g/mol. The first-order chi connectivity index (χ1) is 32.1. The van der Waals surface area contributed by atoms with E-state index in [0.29, 0.717) is 11.8 Å². The van der Waals surface area contributed by atoms with Crippen molar-refractivity contribution < 1.29 is 0 Å². The van der Waals surface area contributed by atoms with E-state index in [4.69, 9.17) is 0 Å². The fraction of sp³-hybridized carbons (Fsp3) is 0.111. The first kappa shape index (κ1) is 37.8. The molecule has 9 aromatic rings. The third-order valence-electron chi connectivity index (χ3n) is 14.8. The topological polar surface area (TPSA) is 8.17 Å². The maximum Gasteiger partial charge on any atom is 0.0722 e. The normalized spacial score (nSPS) is 17.6. The van der Waals surface area contributed by atoms with Gasteiger partial charge in [-0.25, -0.2) is 0 Å². The molecule has 8 aromatic carbocycles. The Morgan fingerprint density at radius 2 is 1.11 bits per heavy atom. The quantitative estimate of drug-likeness (QED) is 0.162. The van der Waals surface area contributed by atoms with Crippen LogP contribution in [0, 0.1) is 11.8 Å². The largest absolute Gasteiger partial charge is 0.313 e. The highest BCUT2D eigenvalue weighted by molar-refractivity contribution is 6.11. The van der Waals surface area contributed by atoms with Crippen LogP contribution in [0.3, 0.4) is 0 Å². The average Bonchev–Trinajstić information content (AvgIpc) is 3.96. The summed E-state index contributed by atoms with van der Waals surface area (Å²) in [7, 11) is 0. The Morgan fingerprint density at radius 3 is 1.83 bits per heavy atom. The standard InChI is InChI=1S/C63H48N2/c1-41-24-36-58-54(38-41)52-35-34-49(40-59(52)63(58)56-20-10-7-17-50(56)51-18-8-11-21-57(51)63)64(47-30-25-44(26-31-47)43-15-4-3-5-16-43)48-32-27-45(28-33-48)46-29-37-62-55(39-46)53-19-9-13-23-61(53)65(62)60-22-12-6-14-42(60)2/h3-13,15-37,39-42H,14,38H2,1-2H3. The highest BCUT2D eigenvalue weighted by Gasteiger charge is 2.52. The lowest BCUT2D eigenvalue weighted by Crippen LogP contribution is -2.27. The average molecular weight is 833 g/mol. The molecule has 0 aliphatic heterocycles. The number of anilines is 3. The molecular weight excluding hydrogens is 785 g/mol. The Hall–Kier alpha value is -7.68. The van der Waals surface area contributed by atoms with Crippen molar-refractivity contribution in [2.45, 2.75) is 32.1 Å². The first-order valence-electron chi connectivity index (χ1n) is 23.3. The van der Waals surface area contributed by atoms with E-state index < -0.39 is 0 Å². The molecular formula is C63H48N2. The lowest BCUT2D eigenvalue weighted by Gasteiger charge is -2.33. The Labute approximate surface area is 381 Å². The van der Waals surface area contributed by atoms with Crippen LogP contribution in [0.15, 0.2) is 224 Å². The summed E-state index contributed by atoms with van der Waals surface area (Å²) in [6, 6.07) is 70.5. The van der Waals surface area contributed by atoms with Crippen LogP contribution >= 0.6 is 0 Å². The van der Waals surface area contributed by atoms with Crippen molar-refractivity contribution in [1.82, 2.24) is 4.57 Å². The van der Waals surface area contributed by atoms with Gasteiger partial charge in [0.1, 0.15) is 0 Å². The summed E-state index contributed by atoms with van der Waals surface area (Å²) in [4.78, 5) is 2.46. The van der Waals surface area contributed by atoms with Gasteiger partial charge in [-0.1, -0.05) is 172 Å². The Morgan fingerprint density at radius 1 is 0.508 bits per heavy atom. The van der Waals surface area contributed by atoms with Gasteiger partial charge in [0.2, 0.25) is 0 Å². The molecule has 0 radical (unpaired) electrons. The molecule has 0 amide bonds. The van der Waals surface area contributed by atoms with Crippen molar-refractivity contribution in [3.8, 4) is 33.4 Å². The molecule has 0 saturated carbocycles. The smallest absolute Gasteiger partial charge is 0.0722 e. The molecule has 1 heterocycles. The van der Waals surface area contributed by atoms with Gasteiger partial charge in [0.05, 0.1) is 16.4 Å². The van der Waals surface area contributed by atoms with Gasteiger partial charge in [0.15, 0.2) is 0 Å². The molecule has 2 unspecified atom stereocenters. The molecule has 65 heavy (non-hydrogen) atoms. The number of para-hydroxylation sites is 1. The maximum atomic E-state index is 2.52. The number of allylic oxidation sites excluding steroid dienone is 8. The van der Waals surface area contributed by atoms with Crippen LogP contribution in [-0.4, -0.2) is 4.57 Å². The molecule has 13 rings (SSSR count). The van der Waals surface area contributed by atoms with Gasteiger partial charge < -0.3 is 9.47 Å². The Bertz CT molecular complexity index is 3460. The van der Waals surface area contributed by atoms with Crippen LogP contribution in [0.25, 0.3) is 66.5 Å². The van der Waals surface area contributed by atoms with E-state index in [-0.39, 0.29) is 5.41 Å². The van der Waals surface area contributed by atoms with Gasteiger partial charge in [-0.2, -0.15) is 0 Å². The summed E-state index contributed by atoms with van der Waals surface area (Å²) in [5.74, 6) is 0.933. The minimum absolute atomic E-state index is 0.388. The highest BCUT2D eigenvalue weighted by Crippen LogP contribution is 2.64. The summed E-state index contributed by atoms with van der Waals surface area (Å²) >= 11 is 0. The summed E-state index contributed by atoms with van der Waals surface area (Å²) in [5, 5.41) is 2.57. The molecule has 4 aliphatic rings. The van der Waals surface area contributed by atoms with Crippen LogP contribution in [0.4, 0.5) is 17.1 Å². The van der Waals surface area contributed by atoms with E-state index in [1.807, 2.05) is 0 Å². The van der Waals surface area contributed by atoms with E-state index in [2.05, 4.69) is 242 Å². The Balaban J connectivity index is 0.961. The molecule has 0 N–H and O–H groups in total. The van der Waals surface area contributed by atoms with Crippen molar-refractivity contribution in [2.24, 2.45) is 11.8 Å². The van der Waals surface area contributed by atoms with Crippen molar-refractivity contribution >= 4 is 50.1 Å². The van der Waals surface area contributed by atoms with Crippen molar-refractivity contribution in [3.05, 3.63) is 246 Å². The number of hydrogen-bond donors (Lipinski definition) is 0. The summed E-state index contributed by atoms with van der Waals surface area (Å²) in [6.45, 7) is 4.69. The van der Waals surface area contributed by atoms with E-state index in [9.17, 15) is 0 Å².